The average Bonchev–Trinajstić information content (AvgIpc) is 2.42. The van der Waals surface area contributed by atoms with Crippen LogP contribution < -0.4 is 15.8 Å². The van der Waals surface area contributed by atoms with Crippen molar-refractivity contribution >= 4 is 11.7 Å². The molecule has 1 aliphatic heterocycles. The molecule has 3 N–H and O–H groups in total. The number of urea groups is 1. The number of hydrogen-bond acceptors (Lipinski definition) is 3. The third-order valence-electron chi connectivity index (χ3n) is 3.60. The maximum atomic E-state index is 12.1. The number of piperidine rings is 1. The zero-order valence-electron chi connectivity index (χ0n) is 12.1. The van der Waals surface area contributed by atoms with Crippen molar-refractivity contribution in [3.8, 4) is 5.75 Å². The number of anilines is 1. The van der Waals surface area contributed by atoms with Crippen LogP contribution in [0.3, 0.4) is 0 Å². The predicted octanol–water partition coefficient (Wildman–Crippen LogP) is 2.79. The number of ether oxygens (including phenoxy) is 1. The monoisotopic (exact) mass is 317 g/mol. The van der Waals surface area contributed by atoms with Gasteiger partial charge in [0, 0.05) is 24.8 Å². The van der Waals surface area contributed by atoms with E-state index in [0.717, 1.165) is 18.6 Å². The lowest BCUT2D eigenvalue weighted by atomic mass is 9.95. The molecular formula is C14H18F3N3O2. The Labute approximate surface area is 126 Å². The normalized spacial score (nSPS) is 22.3. The molecule has 0 aliphatic carbocycles. The van der Waals surface area contributed by atoms with Gasteiger partial charge in [-0.05, 0) is 36.6 Å². The molecular weight excluding hydrogens is 299 g/mol. The minimum absolute atomic E-state index is 0.0860. The molecule has 0 spiro atoms. The molecule has 22 heavy (non-hydrogen) atoms. The van der Waals surface area contributed by atoms with Gasteiger partial charge in [0.05, 0.1) is 0 Å². The Morgan fingerprint density at radius 3 is 2.55 bits per heavy atom. The molecule has 2 atom stereocenters. The number of carbonyl (C=O) groups excluding carboxylic acids is 1. The number of nitrogens with zero attached hydrogens (tertiary/aromatic N) is 1. The first kappa shape index (κ1) is 16.4. The highest BCUT2D eigenvalue weighted by Gasteiger charge is 2.31. The van der Waals surface area contributed by atoms with E-state index in [1.54, 1.807) is 4.90 Å². The summed E-state index contributed by atoms with van der Waals surface area (Å²) in [5.74, 6) is -0.120. The first-order valence-electron chi connectivity index (χ1n) is 6.92. The molecule has 122 valence electrons. The number of amides is 2. The lowest BCUT2D eigenvalue weighted by molar-refractivity contribution is -0.274. The molecule has 0 aromatic heterocycles. The first-order chi connectivity index (χ1) is 10.2. The Hall–Kier alpha value is -1.96. The molecule has 2 unspecified atom stereocenters. The maximum Gasteiger partial charge on any atom is 0.573 e. The van der Waals surface area contributed by atoms with Crippen molar-refractivity contribution in [1.29, 1.82) is 0 Å². The van der Waals surface area contributed by atoms with E-state index in [1.807, 2.05) is 6.92 Å². The second kappa shape index (κ2) is 6.43. The molecule has 0 saturated carbocycles. The van der Waals surface area contributed by atoms with Gasteiger partial charge in [-0.2, -0.15) is 0 Å². The van der Waals surface area contributed by atoms with Crippen LogP contribution in [0.4, 0.5) is 23.7 Å². The second-order valence-electron chi connectivity index (χ2n) is 5.38. The third-order valence-corrected chi connectivity index (χ3v) is 3.60. The van der Waals surface area contributed by atoms with Crippen molar-refractivity contribution in [2.24, 2.45) is 11.7 Å². The summed E-state index contributed by atoms with van der Waals surface area (Å²) in [7, 11) is 0. The zero-order valence-corrected chi connectivity index (χ0v) is 12.1. The van der Waals surface area contributed by atoms with Crippen molar-refractivity contribution < 1.29 is 22.7 Å². The summed E-state index contributed by atoms with van der Waals surface area (Å²) < 4.78 is 39.9. The standard InChI is InChI=1S/C14H18F3N3O2/c1-9-8-20(7-6-12(9)18)13(21)19-10-2-4-11(5-3-10)22-14(15,16)17/h2-5,9,12H,6-8,18H2,1H3,(H,19,21). The fourth-order valence-electron chi connectivity index (χ4n) is 2.29. The van der Waals surface area contributed by atoms with Gasteiger partial charge in [-0.15, -0.1) is 13.2 Å². The lowest BCUT2D eigenvalue weighted by Gasteiger charge is -2.35. The van der Waals surface area contributed by atoms with E-state index in [9.17, 15) is 18.0 Å². The Morgan fingerprint density at radius 1 is 1.36 bits per heavy atom. The highest BCUT2D eigenvalue weighted by Crippen LogP contribution is 2.24. The smallest absolute Gasteiger partial charge is 0.406 e. The van der Waals surface area contributed by atoms with Crippen LogP contribution in [-0.2, 0) is 0 Å². The van der Waals surface area contributed by atoms with E-state index in [4.69, 9.17) is 5.73 Å². The minimum atomic E-state index is -4.73. The van der Waals surface area contributed by atoms with Crippen molar-refractivity contribution in [3.05, 3.63) is 24.3 Å². The number of likely N-dealkylation sites (tertiary alicyclic amines) is 1. The Balaban J connectivity index is 1.92. The van der Waals surface area contributed by atoms with Gasteiger partial charge in [0.1, 0.15) is 5.75 Å². The van der Waals surface area contributed by atoms with E-state index >= 15 is 0 Å². The van der Waals surface area contributed by atoms with E-state index in [-0.39, 0.29) is 23.7 Å². The molecule has 0 radical (unpaired) electrons. The van der Waals surface area contributed by atoms with Gasteiger partial charge >= 0.3 is 12.4 Å². The molecule has 1 aliphatic rings. The van der Waals surface area contributed by atoms with Gasteiger partial charge in [-0.25, -0.2) is 4.79 Å². The fourth-order valence-corrected chi connectivity index (χ4v) is 2.29. The van der Waals surface area contributed by atoms with Crippen LogP contribution >= 0.6 is 0 Å². The van der Waals surface area contributed by atoms with E-state index in [2.05, 4.69) is 10.1 Å². The first-order valence-corrected chi connectivity index (χ1v) is 6.92. The topological polar surface area (TPSA) is 67.6 Å². The second-order valence-corrected chi connectivity index (χ2v) is 5.38. The van der Waals surface area contributed by atoms with Crippen LogP contribution in [0, 0.1) is 5.92 Å². The van der Waals surface area contributed by atoms with E-state index < -0.39 is 6.36 Å². The molecule has 2 amide bonds. The summed E-state index contributed by atoms with van der Waals surface area (Å²) in [6.07, 6.45) is -4.00. The number of rotatable bonds is 2. The molecule has 1 aromatic rings. The summed E-state index contributed by atoms with van der Waals surface area (Å²) in [5, 5.41) is 2.65. The largest absolute Gasteiger partial charge is 0.573 e. The molecule has 1 heterocycles. The molecule has 2 rings (SSSR count). The minimum Gasteiger partial charge on any atom is -0.406 e. The maximum absolute atomic E-state index is 12.1. The van der Waals surface area contributed by atoms with Crippen LogP contribution in [0.15, 0.2) is 24.3 Å². The zero-order chi connectivity index (χ0) is 16.3. The van der Waals surface area contributed by atoms with Gasteiger partial charge in [0.15, 0.2) is 0 Å². The van der Waals surface area contributed by atoms with Crippen molar-refractivity contribution in [3.63, 3.8) is 0 Å². The highest BCUT2D eigenvalue weighted by atomic mass is 19.4. The average molecular weight is 317 g/mol. The SMILES string of the molecule is CC1CN(C(=O)Nc2ccc(OC(F)(F)F)cc2)CCC1N. The molecule has 1 saturated heterocycles. The summed E-state index contributed by atoms with van der Waals surface area (Å²) in [6.45, 7) is 3.10. The number of halogens is 3. The summed E-state index contributed by atoms with van der Waals surface area (Å²) in [5.41, 5.74) is 6.30. The predicted molar refractivity (Wildman–Crippen MR) is 75.5 cm³/mol. The number of nitrogens with one attached hydrogen (secondary N) is 1. The number of hydrogen-bond donors (Lipinski definition) is 2. The highest BCUT2D eigenvalue weighted by molar-refractivity contribution is 5.89. The quantitative estimate of drug-likeness (QED) is 0.881. The molecule has 1 fully saturated rings. The van der Waals surface area contributed by atoms with Crippen LogP contribution in [0.1, 0.15) is 13.3 Å². The van der Waals surface area contributed by atoms with Gasteiger partial charge in [-0.1, -0.05) is 6.92 Å². The number of nitrogens with two attached hydrogens (primary N) is 1. The number of benzene rings is 1. The molecule has 8 heteroatoms. The van der Waals surface area contributed by atoms with Crippen LogP contribution in [0.2, 0.25) is 0 Å². The number of carbonyl (C=O) groups is 1. The third kappa shape index (κ3) is 4.52. The van der Waals surface area contributed by atoms with E-state index in [0.29, 0.717) is 18.8 Å². The Kier molecular flexibility index (Phi) is 4.80. The van der Waals surface area contributed by atoms with Crippen molar-refractivity contribution in [1.82, 2.24) is 4.90 Å². The van der Waals surface area contributed by atoms with Crippen LogP contribution in [0.25, 0.3) is 0 Å². The molecule has 1 aromatic carbocycles. The molecule has 0 bridgehead atoms. The van der Waals surface area contributed by atoms with E-state index in [1.165, 1.54) is 12.1 Å². The summed E-state index contributed by atoms with van der Waals surface area (Å²) in [4.78, 5) is 13.7. The van der Waals surface area contributed by atoms with Gasteiger partial charge in [0.25, 0.3) is 0 Å². The van der Waals surface area contributed by atoms with Crippen LogP contribution in [0.5, 0.6) is 5.75 Å². The van der Waals surface area contributed by atoms with Gasteiger partial charge in [-0.3, -0.25) is 0 Å². The van der Waals surface area contributed by atoms with Crippen molar-refractivity contribution in [2.75, 3.05) is 18.4 Å². The fraction of sp³-hybridized carbons (Fsp3) is 0.500. The lowest BCUT2D eigenvalue weighted by Crippen LogP contribution is -2.49. The Bertz CT molecular complexity index is 519. The van der Waals surface area contributed by atoms with Crippen LogP contribution in [-0.4, -0.2) is 36.4 Å². The van der Waals surface area contributed by atoms with Gasteiger partial charge in [0.2, 0.25) is 0 Å². The molecule has 5 nitrogen and oxygen atoms in total. The van der Waals surface area contributed by atoms with Gasteiger partial charge < -0.3 is 20.7 Å². The van der Waals surface area contributed by atoms with Crippen molar-refractivity contribution in [2.45, 2.75) is 25.7 Å². The number of alkyl halides is 3. The Morgan fingerprint density at radius 2 is 2.00 bits per heavy atom. The summed E-state index contributed by atoms with van der Waals surface area (Å²) in [6, 6.07) is 4.82. The summed E-state index contributed by atoms with van der Waals surface area (Å²) >= 11 is 0.